The van der Waals surface area contributed by atoms with E-state index in [1.54, 1.807) is 49.6 Å². The topological polar surface area (TPSA) is 70.6 Å². The molecule has 2 rings (SSSR count). The molecule has 0 aliphatic heterocycles. The van der Waals surface area contributed by atoms with Gasteiger partial charge in [0.15, 0.2) is 0 Å². The quantitative estimate of drug-likeness (QED) is 0.704. The number of halogens is 2. The second kappa shape index (κ2) is 8.94. The summed E-state index contributed by atoms with van der Waals surface area (Å²) in [5.41, 5.74) is 1.50. The second-order valence-corrected chi connectivity index (χ2v) is 6.36. The summed E-state index contributed by atoms with van der Waals surface area (Å²) in [7, 11) is 1.56. The fourth-order valence-corrected chi connectivity index (χ4v) is 2.58. The first-order valence-electron chi connectivity index (χ1n) is 7.72. The number of carbonyl (C=O) groups excluding carboxylic acids is 1. The van der Waals surface area contributed by atoms with Crippen LogP contribution in [-0.4, -0.2) is 24.8 Å². The van der Waals surface area contributed by atoms with Gasteiger partial charge >= 0.3 is 6.03 Å². The summed E-state index contributed by atoms with van der Waals surface area (Å²) in [5.74, 6) is 0.647. The van der Waals surface area contributed by atoms with Gasteiger partial charge in [0.1, 0.15) is 5.75 Å². The summed E-state index contributed by atoms with van der Waals surface area (Å²) in [6, 6.07) is 11.6. The summed E-state index contributed by atoms with van der Waals surface area (Å²) in [5, 5.41) is 16.5. The third-order valence-electron chi connectivity index (χ3n) is 3.73. The predicted octanol–water partition coefficient (Wildman–Crippen LogP) is 4.10. The number of nitrogens with one attached hydrogen (secondary N) is 2. The molecule has 0 spiro atoms. The Morgan fingerprint density at radius 1 is 1.16 bits per heavy atom. The van der Waals surface area contributed by atoms with E-state index >= 15 is 0 Å². The van der Waals surface area contributed by atoms with Gasteiger partial charge in [-0.05, 0) is 42.3 Å². The number of rotatable bonds is 6. The monoisotopic (exact) mass is 382 g/mol. The molecule has 0 fully saturated rings. The van der Waals surface area contributed by atoms with Gasteiger partial charge in [-0.3, -0.25) is 0 Å². The van der Waals surface area contributed by atoms with Crippen LogP contribution in [-0.2, 0) is 0 Å². The highest BCUT2D eigenvalue weighted by atomic mass is 35.5. The second-order valence-electron chi connectivity index (χ2n) is 5.54. The number of aliphatic hydroxyl groups excluding tert-OH is 1. The first kappa shape index (κ1) is 19.4. The van der Waals surface area contributed by atoms with E-state index in [4.69, 9.17) is 27.9 Å². The number of hydrogen-bond acceptors (Lipinski definition) is 3. The Labute approximate surface area is 156 Å². The van der Waals surface area contributed by atoms with Crippen molar-refractivity contribution in [2.24, 2.45) is 0 Å². The zero-order chi connectivity index (χ0) is 18.4. The molecule has 0 aliphatic carbocycles. The highest BCUT2D eigenvalue weighted by Crippen LogP contribution is 2.25. The zero-order valence-electron chi connectivity index (χ0n) is 13.9. The minimum atomic E-state index is -0.832. The van der Waals surface area contributed by atoms with Crippen LogP contribution < -0.4 is 15.4 Å². The molecule has 5 nitrogen and oxygen atoms in total. The number of methoxy groups -OCH3 is 1. The molecule has 0 radical (unpaired) electrons. The molecule has 0 saturated heterocycles. The van der Waals surface area contributed by atoms with Crippen LogP contribution in [0.2, 0.25) is 10.0 Å². The van der Waals surface area contributed by atoms with Crippen LogP contribution in [0.25, 0.3) is 0 Å². The average Bonchev–Trinajstić information content (AvgIpc) is 2.61. The Kier molecular flexibility index (Phi) is 6.93. The van der Waals surface area contributed by atoms with Crippen molar-refractivity contribution in [1.29, 1.82) is 0 Å². The Hall–Kier alpha value is -1.95. The van der Waals surface area contributed by atoms with Gasteiger partial charge in [-0.1, -0.05) is 41.4 Å². The van der Waals surface area contributed by atoms with Crippen molar-refractivity contribution in [3.63, 3.8) is 0 Å². The van der Waals surface area contributed by atoms with Gasteiger partial charge in [-0.15, -0.1) is 0 Å². The van der Waals surface area contributed by atoms with E-state index in [-0.39, 0.29) is 18.6 Å². The first-order valence-corrected chi connectivity index (χ1v) is 8.47. The molecular weight excluding hydrogens is 363 g/mol. The fraction of sp³-hybridized carbons (Fsp3) is 0.278. The number of carbonyl (C=O) groups is 1. The van der Waals surface area contributed by atoms with Gasteiger partial charge < -0.3 is 20.5 Å². The molecule has 2 aromatic carbocycles. The standard InChI is InChI=1S/C18H20Cl2N2O3/c1-11(12-6-7-15(19)16(20)9-12)22-18(24)21-10-17(23)13-4-3-5-14(8-13)25-2/h3-9,11,17,23H,10H2,1-2H3,(H2,21,22,24). The molecule has 2 unspecified atom stereocenters. The minimum Gasteiger partial charge on any atom is -0.497 e. The van der Waals surface area contributed by atoms with Crippen molar-refractivity contribution in [2.45, 2.75) is 19.1 Å². The summed E-state index contributed by atoms with van der Waals surface area (Å²) < 4.78 is 5.12. The molecule has 0 aromatic heterocycles. The van der Waals surface area contributed by atoms with E-state index in [0.29, 0.717) is 21.4 Å². The van der Waals surface area contributed by atoms with Gasteiger partial charge in [0.25, 0.3) is 0 Å². The summed E-state index contributed by atoms with van der Waals surface area (Å²) in [6.45, 7) is 1.91. The normalized spacial score (nSPS) is 13.0. The number of urea groups is 1. The molecule has 0 saturated carbocycles. The van der Waals surface area contributed by atoms with Crippen molar-refractivity contribution in [3.8, 4) is 5.75 Å². The molecular formula is C18H20Cl2N2O3. The van der Waals surface area contributed by atoms with Crippen molar-refractivity contribution >= 4 is 29.2 Å². The molecule has 0 aliphatic rings. The van der Waals surface area contributed by atoms with Crippen molar-refractivity contribution in [3.05, 3.63) is 63.6 Å². The predicted molar refractivity (Wildman–Crippen MR) is 99.4 cm³/mol. The van der Waals surface area contributed by atoms with E-state index in [0.717, 1.165) is 5.56 Å². The van der Waals surface area contributed by atoms with Gasteiger partial charge in [0, 0.05) is 6.54 Å². The van der Waals surface area contributed by atoms with Gasteiger partial charge in [-0.25, -0.2) is 4.79 Å². The number of benzene rings is 2. The van der Waals surface area contributed by atoms with E-state index in [9.17, 15) is 9.90 Å². The van der Waals surface area contributed by atoms with E-state index in [2.05, 4.69) is 10.6 Å². The van der Waals surface area contributed by atoms with E-state index in [1.807, 2.05) is 6.92 Å². The third kappa shape index (κ3) is 5.53. The van der Waals surface area contributed by atoms with Crippen LogP contribution in [0, 0.1) is 0 Å². The molecule has 2 amide bonds. The van der Waals surface area contributed by atoms with Gasteiger partial charge in [0.05, 0.1) is 29.3 Å². The van der Waals surface area contributed by atoms with Gasteiger partial charge in [0.2, 0.25) is 0 Å². The lowest BCUT2D eigenvalue weighted by Gasteiger charge is -2.17. The Morgan fingerprint density at radius 2 is 1.92 bits per heavy atom. The van der Waals surface area contributed by atoms with Crippen molar-refractivity contribution in [1.82, 2.24) is 10.6 Å². The SMILES string of the molecule is COc1cccc(C(O)CNC(=O)NC(C)c2ccc(Cl)c(Cl)c2)c1. The Balaban J connectivity index is 1.87. The molecule has 0 bridgehead atoms. The summed E-state index contributed by atoms with van der Waals surface area (Å²) >= 11 is 11.9. The highest BCUT2D eigenvalue weighted by molar-refractivity contribution is 6.42. The van der Waals surface area contributed by atoms with Crippen LogP contribution in [0.3, 0.4) is 0 Å². The largest absolute Gasteiger partial charge is 0.497 e. The zero-order valence-corrected chi connectivity index (χ0v) is 15.4. The smallest absolute Gasteiger partial charge is 0.315 e. The average molecular weight is 383 g/mol. The number of aliphatic hydroxyl groups is 1. The summed E-state index contributed by atoms with van der Waals surface area (Å²) in [6.07, 6.45) is -0.832. The van der Waals surface area contributed by atoms with Crippen LogP contribution >= 0.6 is 23.2 Å². The van der Waals surface area contributed by atoms with Crippen LogP contribution in [0.5, 0.6) is 5.75 Å². The fourth-order valence-electron chi connectivity index (χ4n) is 2.27. The van der Waals surface area contributed by atoms with Crippen molar-refractivity contribution < 1.29 is 14.6 Å². The lowest BCUT2D eigenvalue weighted by Crippen LogP contribution is -2.39. The Morgan fingerprint density at radius 3 is 2.60 bits per heavy atom. The van der Waals surface area contributed by atoms with Crippen LogP contribution in [0.1, 0.15) is 30.2 Å². The maximum atomic E-state index is 12.0. The first-order chi connectivity index (χ1) is 11.9. The van der Waals surface area contributed by atoms with Crippen LogP contribution in [0.4, 0.5) is 4.79 Å². The molecule has 2 aromatic rings. The molecule has 3 N–H and O–H groups in total. The lowest BCUT2D eigenvalue weighted by molar-refractivity contribution is 0.172. The molecule has 7 heteroatoms. The number of ether oxygens (including phenoxy) is 1. The number of hydrogen-bond donors (Lipinski definition) is 3. The van der Waals surface area contributed by atoms with Crippen molar-refractivity contribution in [2.75, 3.05) is 13.7 Å². The molecule has 134 valence electrons. The van der Waals surface area contributed by atoms with Gasteiger partial charge in [-0.2, -0.15) is 0 Å². The minimum absolute atomic E-state index is 0.0765. The Bertz CT molecular complexity index is 740. The maximum absolute atomic E-state index is 12.0. The molecule has 0 heterocycles. The van der Waals surface area contributed by atoms with Crippen LogP contribution in [0.15, 0.2) is 42.5 Å². The molecule has 2 atom stereocenters. The number of amides is 2. The third-order valence-corrected chi connectivity index (χ3v) is 4.46. The van der Waals surface area contributed by atoms with E-state index in [1.165, 1.54) is 0 Å². The highest BCUT2D eigenvalue weighted by Gasteiger charge is 2.13. The van der Waals surface area contributed by atoms with E-state index < -0.39 is 6.10 Å². The maximum Gasteiger partial charge on any atom is 0.315 e. The summed E-state index contributed by atoms with van der Waals surface area (Å²) in [4.78, 5) is 12.0. The molecule has 25 heavy (non-hydrogen) atoms. The lowest BCUT2D eigenvalue weighted by atomic mass is 10.1.